The van der Waals surface area contributed by atoms with Crippen LogP contribution in [0.25, 0.3) is 0 Å². The number of likely N-dealkylation sites (N-methyl/N-ethyl adjacent to an activating group) is 1. The molecule has 13 heteroatoms. The Bertz CT molecular complexity index is 717. The number of methoxy groups -OCH3 is 1. The number of esters is 2. The lowest BCUT2D eigenvalue weighted by molar-refractivity contribution is -0.160. The summed E-state index contributed by atoms with van der Waals surface area (Å²) >= 11 is 0. The highest BCUT2D eigenvalue weighted by molar-refractivity contribution is 7.48. The Morgan fingerprint density at radius 2 is 2.03 bits per heavy atom. The van der Waals surface area contributed by atoms with Crippen molar-refractivity contribution in [3.63, 3.8) is 0 Å². The van der Waals surface area contributed by atoms with Gasteiger partial charge >= 0.3 is 19.8 Å². The zero-order valence-electron chi connectivity index (χ0n) is 18.5. The average molecular weight is 465 g/mol. The third-order valence-corrected chi connectivity index (χ3v) is 6.51. The van der Waals surface area contributed by atoms with Crippen molar-refractivity contribution in [2.75, 3.05) is 34.1 Å². The van der Waals surface area contributed by atoms with Crippen LogP contribution in [0, 0.1) is 5.41 Å². The minimum atomic E-state index is -4.14. The number of ether oxygens (including phenoxy) is 2. The Balaban J connectivity index is 1.87. The van der Waals surface area contributed by atoms with Crippen LogP contribution in [0.15, 0.2) is 0 Å². The van der Waals surface area contributed by atoms with Gasteiger partial charge < -0.3 is 14.8 Å². The quantitative estimate of drug-likeness (QED) is 0.283. The van der Waals surface area contributed by atoms with Crippen LogP contribution < -0.4 is 10.7 Å². The summed E-state index contributed by atoms with van der Waals surface area (Å²) in [5, 5.41) is 4.21. The average Bonchev–Trinajstić information content (AvgIpc) is 3.10. The molecule has 31 heavy (non-hydrogen) atoms. The third kappa shape index (κ3) is 6.96. The van der Waals surface area contributed by atoms with Gasteiger partial charge in [-0.15, -0.1) is 0 Å². The maximum Gasteiger partial charge on any atom is 0.478 e. The van der Waals surface area contributed by atoms with Crippen molar-refractivity contribution in [1.29, 1.82) is 0 Å². The highest BCUT2D eigenvalue weighted by atomic mass is 31.2. The maximum atomic E-state index is 12.8. The number of carbonyl (C=O) groups is 3. The highest BCUT2D eigenvalue weighted by Crippen LogP contribution is 2.57. The smallest absolute Gasteiger partial charge is 0.469 e. The second-order valence-electron chi connectivity index (χ2n) is 8.12. The first kappa shape index (κ1) is 25.7. The number of amides is 1. The van der Waals surface area contributed by atoms with Crippen LogP contribution in [0.3, 0.4) is 0 Å². The Morgan fingerprint density at radius 1 is 1.32 bits per heavy atom. The lowest BCUT2D eigenvalue weighted by Crippen LogP contribution is -2.50. The first-order valence-electron chi connectivity index (χ1n) is 10.1. The van der Waals surface area contributed by atoms with Crippen LogP contribution in [0.1, 0.15) is 40.0 Å². The highest BCUT2D eigenvalue weighted by Gasteiger charge is 2.49. The SMILES string of the molecule is CCC1CC(C(=O)OCO[P@]2(=O)OCC(C)(C)[C@H](C(=O)NCCC(=O)OC)O2)N(C)N1. The number of rotatable bonds is 9. The fourth-order valence-electron chi connectivity index (χ4n) is 3.19. The van der Waals surface area contributed by atoms with Crippen molar-refractivity contribution in [3.05, 3.63) is 0 Å². The van der Waals surface area contributed by atoms with Gasteiger partial charge in [-0.25, -0.2) is 14.1 Å². The van der Waals surface area contributed by atoms with Gasteiger partial charge in [-0.05, 0) is 12.8 Å². The summed E-state index contributed by atoms with van der Waals surface area (Å²) in [7, 11) is -1.15. The van der Waals surface area contributed by atoms with E-state index in [1.807, 2.05) is 6.92 Å². The largest absolute Gasteiger partial charge is 0.478 e. The number of hydrogen-bond donors (Lipinski definition) is 2. The molecule has 2 saturated heterocycles. The molecule has 0 radical (unpaired) electrons. The van der Waals surface area contributed by atoms with Gasteiger partial charge in [-0.3, -0.25) is 28.9 Å². The van der Waals surface area contributed by atoms with Crippen LogP contribution in [-0.2, 0) is 42.0 Å². The molecule has 2 fully saturated rings. The van der Waals surface area contributed by atoms with Crippen molar-refractivity contribution in [2.45, 2.75) is 58.2 Å². The molecule has 2 aliphatic rings. The van der Waals surface area contributed by atoms with Crippen molar-refractivity contribution in [2.24, 2.45) is 5.41 Å². The van der Waals surface area contributed by atoms with E-state index in [-0.39, 0.29) is 25.6 Å². The number of nitrogens with zero attached hydrogens (tertiary/aromatic N) is 1. The standard InChI is InChI=1S/C18H32N3O9P/c1-6-12-9-13(21(4)20-12)17(24)27-11-29-31(25)28-10-18(2,3)15(30-31)16(23)19-8-7-14(22)26-5/h12-13,15,20H,6-11H2,1-5H3,(H,19,23)/t12?,13?,15-,31-/m0/s1. The molecule has 0 aromatic carbocycles. The number of phosphoric acid groups is 1. The molecule has 178 valence electrons. The van der Waals surface area contributed by atoms with E-state index in [0.29, 0.717) is 6.42 Å². The van der Waals surface area contributed by atoms with Gasteiger partial charge in [0.25, 0.3) is 0 Å². The number of phosphoric ester groups is 1. The Kier molecular flexibility index (Phi) is 8.99. The Labute approximate surface area is 181 Å². The number of hydrogen-bond acceptors (Lipinski definition) is 11. The normalized spacial score (nSPS) is 30.5. The Morgan fingerprint density at radius 3 is 2.65 bits per heavy atom. The summed E-state index contributed by atoms with van der Waals surface area (Å²) in [5.41, 5.74) is 2.34. The molecule has 0 saturated carbocycles. The maximum absolute atomic E-state index is 12.8. The Hall–Kier alpha value is -1.56. The monoisotopic (exact) mass is 465 g/mol. The molecular formula is C18H32N3O9P. The number of hydrazine groups is 1. The van der Waals surface area contributed by atoms with Gasteiger partial charge in [-0.1, -0.05) is 20.8 Å². The molecule has 0 aliphatic carbocycles. The van der Waals surface area contributed by atoms with E-state index in [4.69, 9.17) is 18.3 Å². The molecular weight excluding hydrogens is 433 g/mol. The molecule has 0 spiro atoms. The van der Waals surface area contributed by atoms with E-state index < -0.39 is 50.0 Å². The molecule has 1 amide bonds. The van der Waals surface area contributed by atoms with E-state index in [1.165, 1.54) is 7.11 Å². The molecule has 2 heterocycles. The predicted molar refractivity (Wildman–Crippen MR) is 107 cm³/mol. The van der Waals surface area contributed by atoms with E-state index >= 15 is 0 Å². The molecule has 0 aromatic rings. The molecule has 2 aliphatic heterocycles. The van der Waals surface area contributed by atoms with Crippen LogP contribution >= 0.6 is 7.82 Å². The van der Waals surface area contributed by atoms with E-state index in [2.05, 4.69) is 15.5 Å². The zero-order chi connectivity index (χ0) is 23.2. The predicted octanol–water partition coefficient (Wildman–Crippen LogP) is 0.720. The van der Waals surface area contributed by atoms with Crippen molar-refractivity contribution in [3.8, 4) is 0 Å². The summed E-state index contributed by atoms with van der Waals surface area (Å²) in [6.07, 6.45) is 0.272. The van der Waals surface area contributed by atoms with Crippen molar-refractivity contribution >= 4 is 25.7 Å². The number of nitrogens with one attached hydrogen (secondary N) is 2. The van der Waals surface area contributed by atoms with E-state index in [0.717, 1.165) is 6.42 Å². The minimum Gasteiger partial charge on any atom is -0.469 e. The van der Waals surface area contributed by atoms with Gasteiger partial charge in [0, 0.05) is 25.0 Å². The molecule has 0 bridgehead atoms. The summed E-state index contributed by atoms with van der Waals surface area (Å²) in [6.45, 7) is 4.72. The van der Waals surface area contributed by atoms with Crippen LogP contribution in [0.4, 0.5) is 0 Å². The summed E-state index contributed by atoms with van der Waals surface area (Å²) < 4.78 is 38.1. The molecule has 2 N–H and O–H groups in total. The first-order chi connectivity index (χ1) is 14.5. The van der Waals surface area contributed by atoms with Crippen LogP contribution in [0.2, 0.25) is 0 Å². The van der Waals surface area contributed by atoms with E-state index in [9.17, 15) is 18.9 Å². The fraction of sp³-hybridized carbons (Fsp3) is 0.833. The van der Waals surface area contributed by atoms with Crippen LogP contribution in [-0.4, -0.2) is 75.1 Å². The third-order valence-electron chi connectivity index (χ3n) is 5.17. The second-order valence-corrected chi connectivity index (χ2v) is 9.74. The van der Waals surface area contributed by atoms with Gasteiger partial charge in [0.05, 0.1) is 20.1 Å². The second kappa shape index (κ2) is 10.8. The molecule has 12 nitrogen and oxygen atoms in total. The van der Waals surface area contributed by atoms with Crippen molar-refractivity contribution in [1.82, 2.24) is 15.8 Å². The zero-order valence-corrected chi connectivity index (χ0v) is 19.4. The summed E-state index contributed by atoms with van der Waals surface area (Å²) in [6, 6.07) is -0.317. The van der Waals surface area contributed by atoms with E-state index in [1.54, 1.807) is 25.9 Å². The first-order valence-corrected chi connectivity index (χ1v) is 11.5. The lowest BCUT2D eigenvalue weighted by atomic mass is 9.87. The molecule has 2 rings (SSSR count). The molecule has 2 unspecified atom stereocenters. The summed E-state index contributed by atoms with van der Waals surface area (Å²) in [5.74, 6) is -1.58. The van der Waals surface area contributed by atoms with Crippen molar-refractivity contribution < 1.29 is 42.0 Å². The minimum absolute atomic E-state index is 0.0145. The van der Waals surface area contributed by atoms with Gasteiger partial charge in [-0.2, -0.15) is 0 Å². The van der Waals surface area contributed by atoms with Gasteiger partial charge in [0.15, 0.2) is 6.10 Å². The van der Waals surface area contributed by atoms with Gasteiger partial charge in [0.1, 0.15) is 6.04 Å². The topological polar surface area (TPSA) is 142 Å². The lowest BCUT2D eigenvalue weighted by Gasteiger charge is -2.39. The molecule has 4 atom stereocenters. The van der Waals surface area contributed by atoms with Crippen LogP contribution in [0.5, 0.6) is 0 Å². The summed E-state index contributed by atoms with van der Waals surface area (Å²) in [4.78, 5) is 36.0. The number of carbonyl (C=O) groups excluding carboxylic acids is 3. The van der Waals surface area contributed by atoms with Gasteiger partial charge in [0.2, 0.25) is 12.7 Å². The molecule has 0 aromatic heterocycles. The fourth-order valence-corrected chi connectivity index (χ4v) is 4.70.